The molecule has 110 valence electrons. The summed E-state index contributed by atoms with van der Waals surface area (Å²) >= 11 is 0. The van der Waals surface area contributed by atoms with E-state index in [2.05, 4.69) is 11.8 Å². The molecule has 2 aliphatic rings. The van der Waals surface area contributed by atoms with E-state index < -0.39 is 5.79 Å². The molecule has 2 aliphatic heterocycles. The maximum Gasteiger partial charge on any atom is 0.204 e. The summed E-state index contributed by atoms with van der Waals surface area (Å²) in [6.07, 6.45) is 10.3. The molecule has 1 spiro atoms. The number of unbranched alkanes of at least 4 members (excludes halogenated alkanes) is 4. The molecule has 4 heteroatoms. The number of hydrogen-bond donors (Lipinski definition) is 0. The molecule has 2 atom stereocenters. The Morgan fingerprint density at radius 2 is 2.16 bits per heavy atom. The molecule has 0 aliphatic carbocycles. The van der Waals surface area contributed by atoms with Crippen LogP contribution in [0.15, 0.2) is 12.2 Å². The fourth-order valence-electron chi connectivity index (χ4n) is 2.71. The van der Waals surface area contributed by atoms with Crippen molar-refractivity contribution in [3.05, 3.63) is 12.2 Å². The average Bonchev–Trinajstić information content (AvgIpc) is 2.82. The largest absolute Gasteiger partial charge is 0.352 e. The molecule has 19 heavy (non-hydrogen) atoms. The first kappa shape index (κ1) is 15.0. The fraction of sp³-hybridized carbons (Fsp3) is 0.867. The van der Waals surface area contributed by atoms with E-state index in [1.54, 1.807) is 7.11 Å². The van der Waals surface area contributed by atoms with Crippen molar-refractivity contribution >= 4 is 0 Å². The molecule has 2 heterocycles. The molecular formula is C15H27NO3. The van der Waals surface area contributed by atoms with E-state index >= 15 is 0 Å². The normalized spacial score (nSPS) is 31.4. The molecule has 0 N–H and O–H groups in total. The zero-order valence-electron chi connectivity index (χ0n) is 12.3. The Hall–Kier alpha value is -0.420. The molecule has 0 aromatic rings. The van der Waals surface area contributed by atoms with Crippen molar-refractivity contribution in [3.8, 4) is 0 Å². The lowest BCUT2D eigenvalue weighted by Gasteiger charge is -2.39. The van der Waals surface area contributed by atoms with Crippen LogP contribution in [0, 0.1) is 0 Å². The van der Waals surface area contributed by atoms with Gasteiger partial charge in [-0.15, -0.1) is 0 Å². The molecule has 0 radical (unpaired) electrons. The Balaban J connectivity index is 1.71. The van der Waals surface area contributed by atoms with Gasteiger partial charge in [-0.2, -0.15) is 0 Å². The lowest BCUT2D eigenvalue weighted by Crippen LogP contribution is -2.52. The van der Waals surface area contributed by atoms with Crippen LogP contribution in [0.5, 0.6) is 0 Å². The van der Waals surface area contributed by atoms with Crippen molar-refractivity contribution in [2.45, 2.75) is 51.1 Å². The van der Waals surface area contributed by atoms with Crippen LogP contribution >= 0.6 is 0 Å². The fourth-order valence-corrected chi connectivity index (χ4v) is 2.71. The summed E-state index contributed by atoms with van der Waals surface area (Å²) in [5, 5.41) is 0. The van der Waals surface area contributed by atoms with Gasteiger partial charge in [0, 0.05) is 13.7 Å². The average molecular weight is 269 g/mol. The minimum atomic E-state index is -0.567. The second-order valence-electron chi connectivity index (χ2n) is 5.43. The second kappa shape index (κ2) is 7.39. The smallest absolute Gasteiger partial charge is 0.204 e. The van der Waals surface area contributed by atoms with Gasteiger partial charge in [-0.05, 0) is 25.1 Å². The van der Waals surface area contributed by atoms with E-state index in [4.69, 9.17) is 14.2 Å². The Labute approximate surface area is 116 Å². The van der Waals surface area contributed by atoms with Gasteiger partial charge >= 0.3 is 0 Å². The van der Waals surface area contributed by atoms with Gasteiger partial charge in [0.05, 0.1) is 13.2 Å². The summed E-state index contributed by atoms with van der Waals surface area (Å²) in [7, 11) is 1.66. The van der Waals surface area contributed by atoms with Gasteiger partial charge in [0.1, 0.15) is 0 Å². The third-order valence-electron chi connectivity index (χ3n) is 3.83. The van der Waals surface area contributed by atoms with Gasteiger partial charge < -0.3 is 14.2 Å². The first-order valence-electron chi connectivity index (χ1n) is 7.54. The van der Waals surface area contributed by atoms with E-state index in [-0.39, 0.29) is 6.29 Å². The molecule has 0 saturated carbocycles. The first-order valence-corrected chi connectivity index (χ1v) is 7.54. The van der Waals surface area contributed by atoms with Crippen molar-refractivity contribution in [2.75, 3.05) is 33.4 Å². The summed E-state index contributed by atoms with van der Waals surface area (Å²) in [6.45, 7) is 5.95. The van der Waals surface area contributed by atoms with Crippen LogP contribution in [-0.2, 0) is 14.2 Å². The second-order valence-corrected chi connectivity index (χ2v) is 5.43. The number of hydrogen-bond acceptors (Lipinski definition) is 4. The number of methoxy groups -OCH3 is 1. The SMILES string of the molecule is CCCCCCCN1CCOC2(C=CC(OC)O2)C1. The van der Waals surface area contributed by atoms with Crippen LogP contribution in [0.2, 0.25) is 0 Å². The molecule has 4 nitrogen and oxygen atoms in total. The van der Waals surface area contributed by atoms with Crippen molar-refractivity contribution in [3.63, 3.8) is 0 Å². The molecule has 0 aromatic heterocycles. The highest BCUT2D eigenvalue weighted by atomic mass is 16.8. The monoisotopic (exact) mass is 269 g/mol. The summed E-state index contributed by atoms with van der Waals surface area (Å²) < 4.78 is 16.8. The number of nitrogens with zero attached hydrogens (tertiary/aromatic N) is 1. The molecular weight excluding hydrogens is 242 g/mol. The van der Waals surface area contributed by atoms with Gasteiger partial charge in [-0.25, -0.2) is 0 Å². The van der Waals surface area contributed by atoms with Crippen LogP contribution in [-0.4, -0.2) is 50.3 Å². The Morgan fingerprint density at radius 1 is 1.32 bits per heavy atom. The highest BCUT2D eigenvalue weighted by Crippen LogP contribution is 2.29. The Morgan fingerprint density at radius 3 is 2.89 bits per heavy atom. The highest BCUT2D eigenvalue weighted by Gasteiger charge is 2.40. The first-order chi connectivity index (χ1) is 9.28. The predicted octanol–water partition coefficient (Wildman–Crippen LogP) is 2.54. The van der Waals surface area contributed by atoms with Gasteiger partial charge in [-0.1, -0.05) is 32.6 Å². The summed E-state index contributed by atoms with van der Waals surface area (Å²) in [5.74, 6) is -0.567. The molecule has 1 saturated heterocycles. The van der Waals surface area contributed by atoms with Crippen LogP contribution in [0.1, 0.15) is 39.0 Å². The lowest BCUT2D eigenvalue weighted by atomic mass is 10.1. The zero-order valence-corrected chi connectivity index (χ0v) is 12.3. The number of ether oxygens (including phenoxy) is 3. The molecule has 0 bridgehead atoms. The summed E-state index contributed by atoms with van der Waals surface area (Å²) in [4.78, 5) is 2.44. The Bertz CT molecular complexity index is 295. The highest BCUT2D eigenvalue weighted by molar-refractivity contribution is 5.07. The van der Waals surface area contributed by atoms with E-state index in [1.807, 2.05) is 12.2 Å². The predicted molar refractivity (Wildman–Crippen MR) is 74.9 cm³/mol. The molecule has 0 aromatic carbocycles. The van der Waals surface area contributed by atoms with Crippen LogP contribution in [0.25, 0.3) is 0 Å². The summed E-state index contributed by atoms with van der Waals surface area (Å²) in [6, 6.07) is 0. The van der Waals surface area contributed by atoms with Gasteiger partial charge in [-0.3, -0.25) is 4.90 Å². The van der Waals surface area contributed by atoms with Gasteiger partial charge in [0.25, 0.3) is 0 Å². The topological polar surface area (TPSA) is 30.9 Å². The zero-order chi connectivity index (χ0) is 13.6. The van der Waals surface area contributed by atoms with Gasteiger partial charge in [0.2, 0.25) is 5.79 Å². The third kappa shape index (κ3) is 4.28. The number of rotatable bonds is 7. The summed E-state index contributed by atoms with van der Waals surface area (Å²) in [5.41, 5.74) is 0. The molecule has 0 amide bonds. The van der Waals surface area contributed by atoms with E-state index in [0.29, 0.717) is 0 Å². The lowest BCUT2D eigenvalue weighted by molar-refractivity contribution is -0.274. The molecule has 1 fully saturated rings. The van der Waals surface area contributed by atoms with E-state index in [1.165, 1.54) is 32.1 Å². The van der Waals surface area contributed by atoms with Crippen LogP contribution < -0.4 is 0 Å². The van der Waals surface area contributed by atoms with Crippen molar-refractivity contribution in [2.24, 2.45) is 0 Å². The van der Waals surface area contributed by atoms with Gasteiger partial charge in [0.15, 0.2) is 6.29 Å². The molecule has 2 rings (SSSR count). The van der Waals surface area contributed by atoms with Crippen LogP contribution in [0.3, 0.4) is 0 Å². The minimum Gasteiger partial charge on any atom is -0.352 e. The standard InChI is InChI=1S/C15H27NO3/c1-3-4-5-6-7-10-16-11-12-18-15(13-16)9-8-14(17-2)19-15/h8-9,14H,3-7,10-13H2,1-2H3. The third-order valence-corrected chi connectivity index (χ3v) is 3.83. The number of morpholine rings is 1. The quantitative estimate of drug-likeness (QED) is 0.525. The maximum absolute atomic E-state index is 5.82. The van der Waals surface area contributed by atoms with Crippen molar-refractivity contribution in [1.29, 1.82) is 0 Å². The Kier molecular flexibility index (Phi) is 5.82. The maximum atomic E-state index is 5.82. The van der Waals surface area contributed by atoms with Crippen LogP contribution in [0.4, 0.5) is 0 Å². The minimum absolute atomic E-state index is 0.260. The van der Waals surface area contributed by atoms with Crippen molar-refractivity contribution < 1.29 is 14.2 Å². The van der Waals surface area contributed by atoms with E-state index in [9.17, 15) is 0 Å². The molecule has 2 unspecified atom stereocenters. The van der Waals surface area contributed by atoms with Crippen molar-refractivity contribution in [1.82, 2.24) is 4.90 Å². The van der Waals surface area contributed by atoms with E-state index in [0.717, 1.165) is 26.2 Å².